The lowest BCUT2D eigenvalue weighted by atomic mass is 10.1. The first-order valence-electron chi connectivity index (χ1n) is 8.30. The van der Waals surface area contributed by atoms with Crippen molar-refractivity contribution in [1.29, 1.82) is 0 Å². The second kappa shape index (κ2) is 7.05. The minimum absolute atomic E-state index is 0.00401. The molecule has 0 spiro atoms. The lowest BCUT2D eigenvalue weighted by molar-refractivity contribution is -0.153. The monoisotopic (exact) mass is 341 g/mol. The van der Waals surface area contributed by atoms with E-state index < -0.39 is 12.1 Å². The Morgan fingerprint density at radius 2 is 1.88 bits per heavy atom. The minimum Gasteiger partial charge on any atom is -0.452 e. The van der Waals surface area contributed by atoms with Crippen LogP contribution in [0, 0.1) is 5.82 Å². The Morgan fingerprint density at radius 3 is 2.60 bits per heavy atom. The summed E-state index contributed by atoms with van der Waals surface area (Å²) in [5.74, 6) is -1.10. The molecule has 0 fully saturated rings. The van der Waals surface area contributed by atoms with Crippen molar-refractivity contribution in [3.8, 4) is 0 Å². The molecule has 25 heavy (non-hydrogen) atoms. The van der Waals surface area contributed by atoms with Crippen LogP contribution in [0.25, 0.3) is 0 Å². The van der Waals surface area contributed by atoms with Crippen LogP contribution >= 0.6 is 0 Å². The van der Waals surface area contributed by atoms with E-state index in [1.165, 1.54) is 24.3 Å². The number of halogens is 1. The molecule has 1 heterocycles. The van der Waals surface area contributed by atoms with E-state index in [9.17, 15) is 14.0 Å². The van der Waals surface area contributed by atoms with Crippen molar-refractivity contribution in [2.24, 2.45) is 0 Å². The first-order chi connectivity index (χ1) is 12.0. The van der Waals surface area contributed by atoms with Crippen molar-refractivity contribution in [2.45, 2.75) is 38.8 Å². The second-order valence-electron chi connectivity index (χ2n) is 6.33. The summed E-state index contributed by atoms with van der Waals surface area (Å²) in [6.07, 6.45) is -0.0797. The highest BCUT2D eigenvalue weighted by Gasteiger charge is 2.34. The number of anilines is 1. The molecule has 0 N–H and O–H groups in total. The molecule has 4 nitrogen and oxygen atoms in total. The smallest absolute Gasteiger partial charge is 0.311 e. The van der Waals surface area contributed by atoms with Gasteiger partial charge in [-0.2, -0.15) is 0 Å². The van der Waals surface area contributed by atoms with Crippen LogP contribution in [-0.4, -0.2) is 24.0 Å². The van der Waals surface area contributed by atoms with Crippen molar-refractivity contribution in [3.05, 3.63) is 65.5 Å². The molecule has 130 valence electrons. The van der Waals surface area contributed by atoms with Crippen molar-refractivity contribution in [2.75, 3.05) is 4.90 Å². The van der Waals surface area contributed by atoms with Gasteiger partial charge in [-0.15, -0.1) is 0 Å². The number of ether oxygens (including phenoxy) is 1. The number of nitrogens with zero attached hydrogens (tertiary/aromatic N) is 1. The van der Waals surface area contributed by atoms with E-state index >= 15 is 0 Å². The number of para-hydroxylation sites is 1. The van der Waals surface area contributed by atoms with Crippen molar-refractivity contribution < 1.29 is 18.7 Å². The average molecular weight is 341 g/mol. The lowest BCUT2D eigenvalue weighted by Gasteiger charge is -2.26. The van der Waals surface area contributed by atoms with E-state index in [1.807, 2.05) is 31.2 Å². The SMILES string of the molecule is C[C@H](OC(=O)Cc1ccc(F)cc1)C(=O)N1c2ccccc2C[C@H]1C. The molecule has 0 aromatic heterocycles. The van der Waals surface area contributed by atoms with Crippen LogP contribution in [0.4, 0.5) is 10.1 Å². The Hall–Kier alpha value is -2.69. The molecule has 1 amide bonds. The summed E-state index contributed by atoms with van der Waals surface area (Å²) in [7, 11) is 0. The molecule has 0 saturated heterocycles. The van der Waals surface area contributed by atoms with Gasteiger partial charge in [-0.1, -0.05) is 30.3 Å². The maximum atomic E-state index is 12.9. The molecule has 3 rings (SSSR count). The van der Waals surface area contributed by atoms with Crippen molar-refractivity contribution >= 4 is 17.6 Å². The van der Waals surface area contributed by atoms with E-state index in [0.717, 1.165) is 17.7 Å². The zero-order valence-corrected chi connectivity index (χ0v) is 14.2. The molecule has 0 radical (unpaired) electrons. The van der Waals surface area contributed by atoms with E-state index in [1.54, 1.807) is 11.8 Å². The second-order valence-corrected chi connectivity index (χ2v) is 6.33. The van der Waals surface area contributed by atoms with E-state index in [2.05, 4.69) is 0 Å². The van der Waals surface area contributed by atoms with Crippen molar-refractivity contribution in [1.82, 2.24) is 0 Å². The number of esters is 1. The number of carbonyl (C=O) groups excluding carboxylic acids is 2. The Balaban J connectivity index is 1.64. The van der Waals surface area contributed by atoms with Gasteiger partial charge in [0.25, 0.3) is 5.91 Å². The predicted octanol–water partition coefficient (Wildman–Crippen LogP) is 3.28. The van der Waals surface area contributed by atoms with Gasteiger partial charge in [0, 0.05) is 11.7 Å². The van der Waals surface area contributed by atoms with Gasteiger partial charge < -0.3 is 9.64 Å². The number of fused-ring (bicyclic) bond motifs is 1. The predicted molar refractivity (Wildman–Crippen MR) is 92.8 cm³/mol. The number of rotatable bonds is 4. The Bertz CT molecular complexity index is 788. The third kappa shape index (κ3) is 3.71. The molecule has 5 heteroatoms. The molecular formula is C20H20FNO3. The molecule has 1 aliphatic heterocycles. The van der Waals surface area contributed by atoms with Crippen LogP contribution in [0.15, 0.2) is 48.5 Å². The van der Waals surface area contributed by atoms with E-state index in [-0.39, 0.29) is 24.2 Å². The fourth-order valence-corrected chi connectivity index (χ4v) is 3.16. The van der Waals surface area contributed by atoms with Gasteiger partial charge in [0.15, 0.2) is 6.10 Å². The largest absolute Gasteiger partial charge is 0.452 e. The molecular weight excluding hydrogens is 321 g/mol. The van der Waals surface area contributed by atoms with Crippen LogP contribution in [0.3, 0.4) is 0 Å². The third-order valence-electron chi connectivity index (χ3n) is 4.36. The van der Waals surface area contributed by atoms with Gasteiger partial charge in [0.05, 0.1) is 6.42 Å². The van der Waals surface area contributed by atoms with Gasteiger partial charge >= 0.3 is 5.97 Å². The summed E-state index contributed by atoms with van der Waals surface area (Å²) in [6, 6.07) is 13.4. The first-order valence-corrected chi connectivity index (χ1v) is 8.30. The quantitative estimate of drug-likeness (QED) is 0.802. The summed E-state index contributed by atoms with van der Waals surface area (Å²) in [6.45, 7) is 3.56. The fraction of sp³-hybridized carbons (Fsp3) is 0.300. The molecule has 2 atom stereocenters. The van der Waals surface area contributed by atoms with Gasteiger partial charge in [0.1, 0.15) is 5.82 Å². The van der Waals surface area contributed by atoms with Gasteiger partial charge in [0.2, 0.25) is 0 Å². The number of hydrogen-bond donors (Lipinski definition) is 0. The topological polar surface area (TPSA) is 46.6 Å². The Morgan fingerprint density at radius 1 is 1.20 bits per heavy atom. The van der Waals surface area contributed by atoms with Crippen LogP contribution in [0.5, 0.6) is 0 Å². The van der Waals surface area contributed by atoms with E-state index in [4.69, 9.17) is 4.74 Å². The highest BCUT2D eigenvalue weighted by atomic mass is 19.1. The highest BCUT2D eigenvalue weighted by molar-refractivity contribution is 5.99. The maximum Gasteiger partial charge on any atom is 0.311 e. The number of hydrogen-bond acceptors (Lipinski definition) is 3. The lowest BCUT2D eigenvalue weighted by Crippen LogP contribution is -2.43. The summed E-state index contributed by atoms with van der Waals surface area (Å²) < 4.78 is 18.2. The minimum atomic E-state index is -0.874. The van der Waals surface area contributed by atoms with Crippen LogP contribution in [0.2, 0.25) is 0 Å². The number of benzene rings is 2. The van der Waals surface area contributed by atoms with Gasteiger partial charge in [-0.05, 0) is 49.6 Å². The Kier molecular flexibility index (Phi) is 4.83. The van der Waals surface area contributed by atoms with Crippen LogP contribution in [-0.2, 0) is 27.2 Å². The van der Waals surface area contributed by atoms with Gasteiger partial charge in [-0.25, -0.2) is 4.39 Å². The summed E-state index contributed by atoms with van der Waals surface area (Å²) in [4.78, 5) is 26.5. The average Bonchev–Trinajstić information content (AvgIpc) is 2.91. The summed E-state index contributed by atoms with van der Waals surface area (Å²) in [5, 5.41) is 0. The standard InChI is InChI=1S/C20H20FNO3/c1-13-11-16-5-3-4-6-18(16)22(13)20(24)14(2)25-19(23)12-15-7-9-17(21)10-8-15/h3-10,13-14H,11-12H2,1-2H3/t13-,14+/m1/s1. The van der Waals surface area contributed by atoms with Crippen LogP contribution < -0.4 is 4.90 Å². The molecule has 2 aromatic carbocycles. The normalized spacial score (nSPS) is 17.1. The molecule has 0 unspecified atom stereocenters. The number of carbonyl (C=O) groups is 2. The Labute approximate surface area is 146 Å². The maximum absolute atomic E-state index is 12.9. The fourth-order valence-electron chi connectivity index (χ4n) is 3.16. The zero-order valence-electron chi connectivity index (χ0n) is 14.2. The zero-order chi connectivity index (χ0) is 18.0. The number of amides is 1. The molecule has 0 bridgehead atoms. The summed E-state index contributed by atoms with van der Waals surface area (Å²) >= 11 is 0. The molecule has 2 aromatic rings. The first kappa shape index (κ1) is 17.1. The van der Waals surface area contributed by atoms with E-state index in [0.29, 0.717) is 5.56 Å². The molecule has 0 aliphatic carbocycles. The van der Waals surface area contributed by atoms with Crippen LogP contribution in [0.1, 0.15) is 25.0 Å². The molecule has 0 saturated carbocycles. The highest BCUT2D eigenvalue weighted by Crippen LogP contribution is 2.32. The molecule has 1 aliphatic rings. The van der Waals surface area contributed by atoms with Crippen molar-refractivity contribution in [3.63, 3.8) is 0 Å². The summed E-state index contributed by atoms with van der Waals surface area (Å²) in [5.41, 5.74) is 2.64. The third-order valence-corrected chi connectivity index (χ3v) is 4.36. The van der Waals surface area contributed by atoms with Gasteiger partial charge in [-0.3, -0.25) is 9.59 Å².